The zero-order chi connectivity index (χ0) is 7.72. The summed E-state index contributed by atoms with van der Waals surface area (Å²) in [5.74, 6) is 0.0456. The number of azo groups is 2. The summed E-state index contributed by atoms with van der Waals surface area (Å²) >= 11 is 0. The van der Waals surface area contributed by atoms with Crippen molar-refractivity contribution in [1.82, 2.24) is 0 Å². The number of rotatable bonds is 0. The summed E-state index contributed by atoms with van der Waals surface area (Å²) in [6, 6.07) is 0. The van der Waals surface area contributed by atoms with Crippen molar-refractivity contribution in [3.05, 3.63) is 11.5 Å². The van der Waals surface area contributed by atoms with Crippen LogP contribution in [0, 0.1) is 0 Å². The second kappa shape index (κ2) is 1.98. The Bertz CT molecular complexity index is 242. The van der Waals surface area contributed by atoms with Crippen LogP contribution in [0.25, 0.3) is 0 Å². The van der Waals surface area contributed by atoms with Crippen LogP contribution in [0.15, 0.2) is 16.6 Å². The molecule has 0 aliphatic carbocycles. The predicted octanol–water partition coefficient (Wildman–Crippen LogP) is -2.11. The van der Waals surface area contributed by atoms with E-state index in [9.17, 15) is 9.90 Å². The van der Waals surface area contributed by atoms with Gasteiger partial charge >= 0.3 is 6.09 Å². The molecule has 1 amide bonds. The van der Waals surface area contributed by atoms with Crippen molar-refractivity contribution in [3.63, 3.8) is 0 Å². The maximum Gasteiger partial charge on any atom is 0.364 e. The SMILES string of the molecule is NC1=C(N)N=[N+](C(=O)[O-])C1. The van der Waals surface area contributed by atoms with E-state index in [0.29, 0.717) is 4.70 Å². The molecule has 6 heteroatoms. The Morgan fingerprint density at radius 1 is 1.70 bits per heavy atom. The van der Waals surface area contributed by atoms with E-state index in [-0.39, 0.29) is 18.1 Å². The van der Waals surface area contributed by atoms with Gasteiger partial charge in [0.1, 0.15) is 5.70 Å². The number of nitrogens with two attached hydrogens (primary N) is 2. The molecule has 54 valence electrons. The lowest BCUT2D eigenvalue weighted by Gasteiger charge is -1.89. The monoisotopic (exact) mass is 142 g/mol. The maximum absolute atomic E-state index is 10.1. The van der Waals surface area contributed by atoms with Crippen LogP contribution in [0.1, 0.15) is 0 Å². The molecule has 0 aromatic heterocycles. The van der Waals surface area contributed by atoms with Crippen molar-refractivity contribution in [2.75, 3.05) is 6.54 Å². The zero-order valence-electron chi connectivity index (χ0n) is 5.07. The van der Waals surface area contributed by atoms with Crippen molar-refractivity contribution in [2.24, 2.45) is 16.6 Å². The van der Waals surface area contributed by atoms with Gasteiger partial charge in [0.15, 0.2) is 0 Å². The lowest BCUT2D eigenvalue weighted by Crippen LogP contribution is -2.33. The second-order valence-electron chi connectivity index (χ2n) is 1.83. The van der Waals surface area contributed by atoms with Gasteiger partial charge in [0, 0.05) is 5.11 Å². The molecule has 0 spiro atoms. The summed E-state index contributed by atoms with van der Waals surface area (Å²) in [5, 5.41) is 13.4. The number of nitrogens with zero attached hydrogens (tertiary/aromatic N) is 2. The minimum Gasteiger partial charge on any atom is -0.488 e. The quantitative estimate of drug-likeness (QED) is 0.377. The van der Waals surface area contributed by atoms with Gasteiger partial charge in [-0.1, -0.05) is 4.70 Å². The van der Waals surface area contributed by atoms with Crippen molar-refractivity contribution >= 4 is 6.09 Å². The highest BCUT2D eigenvalue weighted by Crippen LogP contribution is 2.03. The summed E-state index contributed by atoms with van der Waals surface area (Å²) < 4.78 is 0.671. The molecule has 0 bridgehead atoms. The lowest BCUT2D eigenvalue weighted by molar-refractivity contribution is -0.554. The van der Waals surface area contributed by atoms with E-state index >= 15 is 0 Å². The van der Waals surface area contributed by atoms with Crippen LogP contribution in [-0.2, 0) is 0 Å². The van der Waals surface area contributed by atoms with Crippen molar-refractivity contribution < 1.29 is 14.6 Å². The number of amides is 1. The first-order valence-corrected chi connectivity index (χ1v) is 2.55. The number of hydrogen-bond donors (Lipinski definition) is 2. The molecule has 0 aromatic rings. The maximum atomic E-state index is 10.1. The lowest BCUT2D eigenvalue weighted by atomic mass is 10.5. The molecule has 1 heterocycles. The van der Waals surface area contributed by atoms with Gasteiger partial charge in [0.05, 0.1) is 0 Å². The van der Waals surface area contributed by atoms with Crippen LogP contribution in [0.4, 0.5) is 4.79 Å². The van der Waals surface area contributed by atoms with Crippen molar-refractivity contribution in [2.45, 2.75) is 0 Å². The molecule has 0 saturated carbocycles. The second-order valence-corrected chi connectivity index (χ2v) is 1.83. The van der Waals surface area contributed by atoms with Crippen molar-refractivity contribution in [3.8, 4) is 0 Å². The molecule has 1 rings (SSSR count). The average molecular weight is 142 g/mol. The predicted molar refractivity (Wildman–Crippen MR) is 28.4 cm³/mol. The molecule has 0 saturated heterocycles. The third-order valence-corrected chi connectivity index (χ3v) is 1.09. The molecule has 10 heavy (non-hydrogen) atoms. The number of carboxylic acid groups (broad SMARTS) is 1. The van der Waals surface area contributed by atoms with Gasteiger partial charge in [-0.2, -0.15) is 0 Å². The van der Waals surface area contributed by atoms with E-state index < -0.39 is 6.09 Å². The van der Waals surface area contributed by atoms with Gasteiger partial charge in [-0.3, -0.25) is 0 Å². The molecule has 0 aromatic carbocycles. The number of hydrogen-bond acceptors (Lipinski definition) is 5. The third kappa shape index (κ3) is 0.903. The van der Waals surface area contributed by atoms with E-state index in [1.54, 1.807) is 0 Å². The van der Waals surface area contributed by atoms with Crippen LogP contribution < -0.4 is 16.6 Å². The van der Waals surface area contributed by atoms with E-state index in [0.717, 1.165) is 0 Å². The Labute approximate surface area is 56.4 Å². The van der Waals surface area contributed by atoms with Gasteiger partial charge in [-0.15, -0.1) is 0 Å². The molecular weight excluding hydrogens is 136 g/mol. The third-order valence-electron chi connectivity index (χ3n) is 1.09. The highest BCUT2D eigenvalue weighted by molar-refractivity contribution is 5.51. The summed E-state index contributed by atoms with van der Waals surface area (Å²) in [6.07, 6.45) is -1.40. The molecule has 0 radical (unpaired) electrons. The van der Waals surface area contributed by atoms with Gasteiger partial charge in [0.25, 0.3) is 0 Å². The fourth-order valence-corrected chi connectivity index (χ4v) is 0.577. The van der Waals surface area contributed by atoms with Gasteiger partial charge in [-0.05, 0) is 0 Å². The molecule has 1 aliphatic heterocycles. The summed E-state index contributed by atoms with van der Waals surface area (Å²) in [7, 11) is 0. The highest BCUT2D eigenvalue weighted by atomic mass is 16.4. The van der Waals surface area contributed by atoms with E-state index in [2.05, 4.69) is 5.11 Å². The van der Waals surface area contributed by atoms with E-state index in [1.807, 2.05) is 0 Å². The topological polar surface area (TPSA) is 108 Å². The number of carbonyl (C=O) groups excluding carboxylic acids is 1. The molecule has 4 N–H and O–H groups in total. The Hall–Kier alpha value is -1.59. The minimum absolute atomic E-state index is 0.00810. The fourth-order valence-electron chi connectivity index (χ4n) is 0.577. The summed E-state index contributed by atoms with van der Waals surface area (Å²) in [6.45, 7) is 0.00810. The molecule has 0 unspecified atom stereocenters. The number of carbonyl (C=O) groups is 1. The Morgan fingerprint density at radius 3 is 2.50 bits per heavy atom. The molecule has 1 aliphatic rings. The fraction of sp³-hybridized carbons (Fsp3) is 0.250. The van der Waals surface area contributed by atoms with Crippen molar-refractivity contribution in [1.29, 1.82) is 0 Å². The highest BCUT2D eigenvalue weighted by Gasteiger charge is 2.21. The molecular formula is C4H6N4O2. The largest absolute Gasteiger partial charge is 0.488 e. The van der Waals surface area contributed by atoms with Crippen LogP contribution in [0.2, 0.25) is 0 Å². The summed E-state index contributed by atoms with van der Waals surface area (Å²) in [5.41, 5.74) is 10.7. The van der Waals surface area contributed by atoms with Crippen LogP contribution in [0.5, 0.6) is 0 Å². The summed E-state index contributed by atoms with van der Waals surface area (Å²) in [4.78, 5) is 10.1. The van der Waals surface area contributed by atoms with Gasteiger partial charge in [0.2, 0.25) is 12.4 Å². The minimum atomic E-state index is -1.40. The Balaban J connectivity index is 2.79. The molecule has 6 nitrogen and oxygen atoms in total. The van der Waals surface area contributed by atoms with Crippen LogP contribution in [0.3, 0.4) is 0 Å². The van der Waals surface area contributed by atoms with Gasteiger partial charge < -0.3 is 21.4 Å². The first kappa shape index (κ1) is 6.53. The van der Waals surface area contributed by atoms with Gasteiger partial charge in [-0.25, -0.2) is 0 Å². The van der Waals surface area contributed by atoms with Crippen LogP contribution in [-0.4, -0.2) is 17.3 Å². The smallest absolute Gasteiger partial charge is 0.364 e. The zero-order valence-corrected chi connectivity index (χ0v) is 5.07. The molecule has 0 atom stereocenters. The van der Waals surface area contributed by atoms with E-state index in [4.69, 9.17) is 11.5 Å². The standard InChI is InChI=1S/C4H6N4O2/c5-2-1-8(4(9)10)7-3(2)6/h5H,1H2,(H3,6,7,9,10). The first-order chi connectivity index (χ1) is 4.61. The molecule has 0 fully saturated rings. The Morgan fingerprint density at radius 2 is 2.30 bits per heavy atom. The normalized spacial score (nSPS) is 17.4. The average Bonchev–Trinajstić information content (AvgIpc) is 2.13. The Kier molecular flexibility index (Phi) is 1.29. The van der Waals surface area contributed by atoms with E-state index in [1.165, 1.54) is 0 Å². The van der Waals surface area contributed by atoms with Crippen LogP contribution >= 0.6 is 0 Å². The first-order valence-electron chi connectivity index (χ1n) is 2.55.